The second-order valence-corrected chi connectivity index (χ2v) is 10.1. The Bertz CT molecular complexity index is 717. The lowest BCUT2D eigenvalue weighted by molar-refractivity contribution is -0.141. The van der Waals surface area contributed by atoms with Crippen molar-refractivity contribution in [1.82, 2.24) is 9.80 Å². The molecule has 0 aliphatic carbocycles. The maximum Gasteiger partial charge on any atom is 0.223 e. The maximum atomic E-state index is 12.9. The van der Waals surface area contributed by atoms with Gasteiger partial charge < -0.3 is 14.7 Å². The summed E-state index contributed by atoms with van der Waals surface area (Å²) in [6.45, 7) is 6.84. The maximum absolute atomic E-state index is 12.9. The van der Waals surface area contributed by atoms with E-state index < -0.39 is 0 Å². The van der Waals surface area contributed by atoms with Crippen molar-refractivity contribution >= 4 is 5.91 Å². The van der Waals surface area contributed by atoms with E-state index in [-0.39, 0.29) is 17.9 Å². The van der Waals surface area contributed by atoms with E-state index in [1.807, 2.05) is 13.8 Å². The summed E-state index contributed by atoms with van der Waals surface area (Å²) in [5.74, 6) is 2.26. The molecule has 5 nitrogen and oxygen atoms in total. The molecule has 3 aliphatic heterocycles. The van der Waals surface area contributed by atoms with E-state index in [4.69, 9.17) is 4.74 Å². The molecule has 3 aliphatic rings. The third-order valence-electron chi connectivity index (χ3n) is 7.30. The highest BCUT2D eigenvalue weighted by Gasteiger charge is 2.46. The number of rotatable bonds is 5. The van der Waals surface area contributed by atoms with Gasteiger partial charge in [-0.2, -0.15) is 0 Å². The highest BCUT2D eigenvalue weighted by Crippen LogP contribution is 2.44. The Morgan fingerprint density at radius 3 is 2.62 bits per heavy atom. The molecule has 3 saturated heterocycles. The summed E-state index contributed by atoms with van der Waals surface area (Å²) in [4.78, 5) is 17.8. The number of nitrogens with zero attached hydrogens (tertiary/aromatic N) is 2. The van der Waals surface area contributed by atoms with Gasteiger partial charge in [0.25, 0.3) is 0 Å². The van der Waals surface area contributed by atoms with Gasteiger partial charge in [-0.3, -0.25) is 9.69 Å². The van der Waals surface area contributed by atoms with Crippen LogP contribution in [0, 0.1) is 17.3 Å². The van der Waals surface area contributed by atoms with Gasteiger partial charge in [0.2, 0.25) is 5.91 Å². The first-order valence-corrected chi connectivity index (χ1v) is 11.2. The van der Waals surface area contributed by atoms with Crippen LogP contribution in [0.25, 0.3) is 0 Å². The number of fused-ring (bicyclic) bond motifs is 4. The van der Waals surface area contributed by atoms with Crippen molar-refractivity contribution in [2.75, 3.05) is 33.4 Å². The molecule has 29 heavy (non-hydrogen) atoms. The molecular weight excluding hydrogens is 364 g/mol. The van der Waals surface area contributed by atoms with Crippen LogP contribution in [0.4, 0.5) is 0 Å². The van der Waals surface area contributed by atoms with Gasteiger partial charge in [0.15, 0.2) is 0 Å². The number of benzene rings is 1. The van der Waals surface area contributed by atoms with Crippen LogP contribution in [0.1, 0.15) is 57.6 Å². The average Bonchev–Trinajstić information content (AvgIpc) is 2.73. The average molecular weight is 401 g/mol. The Morgan fingerprint density at radius 2 is 1.93 bits per heavy atom. The lowest BCUT2D eigenvalue weighted by Gasteiger charge is -2.55. The van der Waals surface area contributed by atoms with Gasteiger partial charge in [-0.05, 0) is 60.6 Å². The molecule has 0 saturated carbocycles. The monoisotopic (exact) mass is 400 g/mol. The molecule has 3 heterocycles. The second kappa shape index (κ2) is 8.27. The van der Waals surface area contributed by atoms with Gasteiger partial charge in [0.1, 0.15) is 5.75 Å². The number of amides is 1. The van der Waals surface area contributed by atoms with Crippen LogP contribution in [0.15, 0.2) is 24.3 Å². The van der Waals surface area contributed by atoms with E-state index in [0.29, 0.717) is 30.3 Å². The topological polar surface area (TPSA) is 53.0 Å². The molecule has 0 unspecified atom stereocenters. The summed E-state index contributed by atoms with van der Waals surface area (Å²) in [5.41, 5.74) is 1.06. The smallest absolute Gasteiger partial charge is 0.223 e. The molecule has 1 N–H and O–H groups in total. The predicted molar refractivity (Wildman–Crippen MR) is 114 cm³/mol. The van der Waals surface area contributed by atoms with Crippen molar-refractivity contribution in [3.05, 3.63) is 29.8 Å². The number of likely N-dealkylation sites (tertiary alicyclic amines) is 1. The molecule has 0 aromatic heterocycles. The zero-order valence-corrected chi connectivity index (χ0v) is 18.1. The van der Waals surface area contributed by atoms with Gasteiger partial charge in [-0.1, -0.05) is 26.0 Å². The van der Waals surface area contributed by atoms with Gasteiger partial charge >= 0.3 is 0 Å². The molecule has 160 valence electrons. The van der Waals surface area contributed by atoms with Crippen LogP contribution in [-0.2, 0) is 4.79 Å². The SMILES string of the molecule is COc1ccc([C@H]2CCC[C@H]3[C@@H]4C[C@@H](CN(C(=O)CC(C)(C)CO)C4)CN23)cc1. The molecule has 1 aromatic rings. The van der Waals surface area contributed by atoms with Crippen LogP contribution in [0.3, 0.4) is 0 Å². The summed E-state index contributed by atoms with van der Waals surface area (Å²) in [6.07, 6.45) is 5.41. The highest BCUT2D eigenvalue weighted by atomic mass is 16.5. The van der Waals surface area contributed by atoms with E-state index in [0.717, 1.165) is 25.4 Å². The number of aliphatic hydroxyl groups is 1. The quantitative estimate of drug-likeness (QED) is 0.822. The molecule has 3 fully saturated rings. The van der Waals surface area contributed by atoms with Crippen LogP contribution >= 0.6 is 0 Å². The minimum Gasteiger partial charge on any atom is -0.497 e. The van der Waals surface area contributed by atoms with E-state index in [1.165, 1.54) is 31.2 Å². The Labute approximate surface area is 175 Å². The molecule has 2 bridgehead atoms. The van der Waals surface area contributed by atoms with Gasteiger partial charge in [0, 0.05) is 44.7 Å². The van der Waals surface area contributed by atoms with Crippen LogP contribution in [0.2, 0.25) is 0 Å². The summed E-state index contributed by atoms with van der Waals surface area (Å²) >= 11 is 0. The molecule has 4 rings (SSSR count). The fourth-order valence-electron chi connectivity index (χ4n) is 5.77. The number of hydrogen-bond donors (Lipinski definition) is 1. The van der Waals surface area contributed by atoms with E-state index in [9.17, 15) is 9.90 Å². The summed E-state index contributed by atoms with van der Waals surface area (Å²) in [6, 6.07) is 9.67. The minimum absolute atomic E-state index is 0.0549. The van der Waals surface area contributed by atoms with Gasteiger partial charge in [0.05, 0.1) is 7.11 Å². The standard InChI is InChI=1S/C24H36N2O3/c1-24(2,16-27)12-23(28)25-13-17-11-19(15-25)22-6-4-5-21(26(22)14-17)18-7-9-20(29-3)10-8-18/h7-10,17,19,21-22,27H,4-6,11-16H2,1-3H3/t17-,19+,21+,22-/m0/s1. The number of hydrogen-bond acceptors (Lipinski definition) is 4. The molecular formula is C24H36N2O3. The first-order chi connectivity index (χ1) is 13.9. The lowest BCUT2D eigenvalue weighted by atomic mass is 9.73. The van der Waals surface area contributed by atoms with Gasteiger partial charge in [-0.25, -0.2) is 0 Å². The van der Waals surface area contributed by atoms with Crippen molar-refractivity contribution in [2.45, 2.75) is 58.0 Å². The summed E-state index contributed by atoms with van der Waals surface area (Å²) < 4.78 is 5.33. The highest BCUT2D eigenvalue weighted by molar-refractivity contribution is 5.77. The first-order valence-electron chi connectivity index (χ1n) is 11.2. The molecule has 0 spiro atoms. The van der Waals surface area contributed by atoms with E-state index in [1.54, 1.807) is 7.11 Å². The fraction of sp³-hybridized carbons (Fsp3) is 0.708. The molecule has 0 radical (unpaired) electrons. The first kappa shape index (κ1) is 20.7. The number of ether oxygens (including phenoxy) is 1. The van der Waals surface area contributed by atoms with Crippen molar-refractivity contribution in [2.24, 2.45) is 17.3 Å². The van der Waals surface area contributed by atoms with Gasteiger partial charge in [-0.15, -0.1) is 0 Å². The Hall–Kier alpha value is -1.59. The van der Waals surface area contributed by atoms with Crippen molar-refractivity contribution in [3.8, 4) is 5.75 Å². The third-order valence-corrected chi connectivity index (χ3v) is 7.30. The van der Waals surface area contributed by atoms with Crippen molar-refractivity contribution < 1.29 is 14.6 Å². The summed E-state index contributed by atoms with van der Waals surface area (Å²) in [7, 11) is 1.71. The molecule has 5 heteroatoms. The number of carbonyl (C=O) groups is 1. The van der Waals surface area contributed by atoms with Crippen LogP contribution < -0.4 is 4.74 Å². The minimum atomic E-state index is -0.333. The largest absolute Gasteiger partial charge is 0.497 e. The molecule has 4 atom stereocenters. The molecule has 1 aromatic carbocycles. The normalized spacial score (nSPS) is 30.0. The van der Waals surface area contributed by atoms with Crippen LogP contribution in [-0.4, -0.2) is 60.2 Å². The number of aliphatic hydroxyl groups excluding tert-OH is 1. The Morgan fingerprint density at radius 1 is 1.17 bits per heavy atom. The number of piperidine rings is 3. The molecule has 1 amide bonds. The lowest BCUT2D eigenvalue weighted by Crippen LogP contribution is -2.60. The number of carbonyl (C=O) groups excluding carboxylic acids is 1. The Balaban J connectivity index is 1.47. The second-order valence-electron chi connectivity index (χ2n) is 10.1. The third kappa shape index (κ3) is 4.31. The number of methoxy groups -OCH3 is 1. The van der Waals surface area contributed by atoms with Crippen LogP contribution in [0.5, 0.6) is 5.75 Å². The Kier molecular flexibility index (Phi) is 5.90. The predicted octanol–water partition coefficient (Wildman–Crippen LogP) is 3.48. The summed E-state index contributed by atoms with van der Waals surface area (Å²) in [5, 5.41) is 9.54. The van der Waals surface area contributed by atoms with Crippen molar-refractivity contribution in [1.29, 1.82) is 0 Å². The van der Waals surface area contributed by atoms with E-state index >= 15 is 0 Å². The zero-order chi connectivity index (χ0) is 20.6. The zero-order valence-electron chi connectivity index (χ0n) is 18.1. The van der Waals surface area contributed by atoms with Crippen molar-refractivity contribution in [3.63, 3.8) is 0 Å². The van der Waals surface area contributed by atoms with E-state index in [2.05, 4.69) is 34.1 Å². The fourth-order valence-corrected chi connectivity index (χ4v) is 5.77.